The fourth-order valence-electron chi connectivity index (χ4n) is 1.54. The van der Waals surface area contributed by atoms with Gasteiger partial charge in [0.05, 0.1) is 11.1 Å². The van der Waals surface area contributed by atoms with Crippen LogP contribution in [0.1, 0.15) is 11.1 Å². The summed E-state index contributed by atoms with van der Waals surface area (Å²) in [6, 6.07) is 5.28. The lowest BCUT2D eigenvalue weighted by Crippen LogP contribution is -2.15. The molecule has 94 valence electrons. The van der Waals surface area contributed by atoms with E-state index >= 15 is 0 Å². The Balaban J connectivity index is 2.40. The van der Waals surface area contributed by atoms with Gasteiger partial charge in [-0.3, -0.25) is 9.71 Å². The van der Waals surface area contributed by atoms with E-state index in [-0.39, 0.29) is 10.7 Å². The molecule has 6 heteroatoms. The second kappa shape index (κ2) is 4.73. The number of nitrogens with one attached hydrogen (secondary N) is 1. The van der Waals surface area contributed by atoms with Crippen LogP contribution in [0.3, 0.4) is 0 Å². The maximum Gasteiger partial charge on any atom is 0.263 e. The highest BCUT2D eigenvalue weighted by molar-refractivity contribution is 7.92. The molecule has 0 aliphatic carbocycles. The van der Waals surface area contributed by atoms with Crippen LogP contribution in [0.15, 0.2) is 41.7 Å². The summed E-state index contributed by atoms with van der Waals surface area (Å²) in [7, 11) is -3.62. The topological polar surface area (TPSA) is 72.0 Å². The normalized spacial score (nSPS) is 11.2. The van der Waals surface area contributed by atoms with E-state index in [1.54, 1.807) is 19.1 Å². The number of nitrogens with zero attached hydrogens (tertiary/aromatic N) is 2. The standard InChI is InChI=1S/C12H13N3O2S/c1-9-3-4-10(2)11(7-9)18(16,17)15-12-8-13-5-6-14-12/h3-8H,1-2H3,(H,14,15). The Bertz CT molecular complexity index is 654. The van der Waals surface area contributed by atoms with Gasteiger partial charge >= 0.3 is 0 Å². The second-order valence-corrected chi connectivity index (χ2v) is 5.62. The minimum absolute atomic E-state index is 0.207. The molecule has 0 aliphatic heterocycles. The third-order valence-corrected chi connectivity index (χ3v) is 3.93. The van der Waals surface area contributed by atoms with E-state index in [9.17, 15) is 8.42 Å². The van der Waals surface area contributed by atoms with Crippen LogP contribution in [0.4, 0.5) is 5.82 Å². The van der Waals surface area contributed by atoms with Crippen molar-refractivity contribution in [2.45, 2.75) is 18.7 Å². The van der Waals surface area contributed by atoms with Crippen molar-refractivity contribution < 1.29 is 8.42 Å². The number of anilines is 1. The molecule has 0 atom stereocenters. The summed E-state index contributed by atoms with van der Waals surface area (Å²) < 4.78 is 26.8. The van der Waals surface area contributed by atoms with Crippen LogP contribution in [-0.4, -0.2) is 18.4 Å². The van der Waals surface area contributed by atoms with Gasteiger partial charge in [0, 0.05) is 12.4 Å². The van der Waals surface area contributed by atoms with E-state index in [1.807, 2.05) is 13.0 Å². The number of hydrogen-bond acceptors (Lipinski definition) is 4. The molecule has 0 bridgehead atoms. The summed E-state index contributed by atoms with van der Waals surface area (Å²) >= 11 is 0. The molecule has 0 saturated carbocycles. The van der Waals surface area contributed by atoms with E-state index in [4.69, 9.17) is 0 Å². The highest BCUT2D eigenvalue weighted by atomic mass is 32.2. The molecule has 0 unspecified atom stereocenters. The predicted molar refractivity (Wildman–Crippen MR) is 68.8 cm³/mol. The van der Waals surface area contributed by atoms with Gasteiger partial charge in [-0.05, 0) is 31.0 Å². The molecular formula is C12H13N3O2S. The SMILES string of the molecule is Cc1ccc(C)c(S(=O)(=O)Nc2cnccn2)c1. The molecule has 0 saturated heterocycles. The molecule has 18 heavy (non-hydrogen) atoms. The number of aryl methyl sites for hydroxylation is 2. The molecule has 1 N–H and O–H groups in total. The minimum Gasteiger partial charge on any atom is -0.262 e. The molecule has 2 rings (SSSR count). The molecule has 2 aromatic rings. The smallest absolute Gasteiger partial charge is 0.262 e. The summed E-state index contributed by atoms with van der Waals surface area (Å²) in [5.74, 6) is 0.207. The van der Waals surface area contributed by atoms with Crippen molar-refractivity contribution in [2.75, 3.05) is 4.72 Å². The van der Waals surface area contributed by atoms with Gasteiger partial charge in [0.25, 0.3) is 10.0 Å². The molecule has 1 aromatic heterocycles. The maximum atomic E-state index is 12.2. The quantitative estimate of drug-likeness (QED) is 0.918. The van der Waals surface area contributed by atoms with Crippen LogP contribution in [0.2, 0.25) is 0 Å². The highest BCUT2D eigenvalue weighted by Crippen LogP contribution is 2.19. The van der Waals surface area contributed by atoms with E-state index in [0.717, 1.165) is 5.56 Å². The van der Waals surface area contributed by atoms with Gasteiger partial charge in [-0.15, -0.1) is 0 Å². The van der Waals surface area contributed by atoms with Crippen LogP contribution in [0.25, 0.3) is 0 Å². The maximum absolute atomic E-state index is 12.2. The summed E-state index contributed by atoms with van der Waals surface area (Å²) in [4.78, 5) is 7.96. The van der Waals surface area contributed by atoms with Crippen LogP contribution in [-0.2, 0) is 10.0 Å². The molecule has 0 amide bonds. The summed E-state index contributed by atoms with van der Waals surface area (Å²) in [5, 5.41) is 0. The Morgan fingerprint density at radius 3 is 2.61 bits per heavy atom. The van der Waals surface area contributed by atoms with Crippen LogP contribution < -0.4 is 4.72 Å². The zero-order valence-electron chi connectivity index (χ0n) is 10.1. The molecular weight excluding hydrogens is 250 g/mol. The van der Waals surface area contributed by atoms with Gasteiger partial charge in [0.2, 0.25) is 0 Å². The molecule has 1 heterocycles. The van der Waals surface area contributed by atoms with Crippen LogP contribution in [0.5, 0.6) is 0 Å². The summed E-state index contributed by atoms with van der Waals surface area (Å²) in [6.07, 6.45) is 4.28. The molecule has 0 aliphatic rings. The van der Waals surface area contributed by atoms with E-state index < -0.39 is 10.0 Å². The summed E-state index contributed by atoms with van der Waals surface area (Å²) in [6.45, 7) is 3.60. The van der Waals surface area contributed by atoms with Gasteiger partial charge in [0.1, 0.15) is 0 Å². The number of aromatic nitrogens is 2. The second-order valence-electron chi connectivity index (χ2n) is 3.97. The van der Waals surface area contributed by atoms with Crippen molar-refractivity contribution in [1.82, 2.24) is 9.97 Å². The molecule has 0 spiro atoms. The van der Waals surface area contributed by atoms with Gasteiger partial charge in [-0.1, -0.05) is 12.1 Å². The Labute approximate surface area is 106 Å². The van der Waals surface area contributed by atoms with E-state index in [1.165, 1.54) is 18.6 Å². The molecule has 0 fully saturated rings. The minimum atomic E-state index is -3.62. The molecule has 1 aromatic carbocycles. The van der Waals surface area contributed by atoms with Crippen molar-refractivity contribution in [3.05, 3.63) is 47.9 Å². The van der Waals surface area contributed by atoms with E-state index in [0.29, 0.717) is 5.56 Å². The lowest BCUT2D eigenvalue weighted by atomic mass is 10.2. The number of sulfonamides is 1. The monoisotopic (exact) mass is 263 g/mol. The molecule has 5 nitrogen and oxygen atoms in total. The first-order valence-electron chi connectivity index (χ1n) is 5.35. The zero-order valence-corrected chi connectivity index (χ0v) is 10.9. The van der Waals surface area contributed by atoms with Crippen molar-refractivity contribution in [1.29, 1.82) is 0 Å². The van der Waals surface area contributed by atoms with Gasteiger partial charge in [0.15, 0.2) is 5.82 Å². The zero-order chi connectivity index (χ0) is 13.2. The Morgan fingerprint density at radius 2 is 1.94 bits per heavy atom. The summed E-state index contributed by atoms with van der Waals surface area (Å²) in [5.41, 5.74) is 1.58. The average Bonchev–Trinajstić information content (AvgIpc) is 2.33. The van der Waals surface area contributed by atoms with Crippen LogP contribution >= 0.6 is 0 Å². The average molecular weight is 263 g/mol. The van der Waals surface area contributed by atoms with E-state index in [2.05, 4.69) is 14.7 Å². The third kappa shape index (κ3) is 2.65. The predicted octanol–water partition coefficient (Wildman–Crippen LogP) is 1.89. The van der Waals surface area contributed by atoms with Gasteiger partial charge in [-0.25, -0.2) is 13.4 Å². The van der Waals surface area contributed by atoms with Crippen molar-refractivity contribution >= 4 is 15.8 Å². The van der Waals surface area contributed by atoms with Crippen LogP contribution in [0, 0.1) is 13.8 Å². The van der Waals surface area contributed by atoms with Gasteiger partial charge in [-0.2, -0.15) is 0 Å². The first kappa shape index (κ1) is 12.5. The number of rotatable bonds is 3. The fourth-order valence-corrected chi connectivity index (χ4v) is 2.86. The first-order valence-corrected chi connectivity index (χ1v) is 6.83. The molecule has 0 radical (unpaired) electrons. The Morgan fingerprint density at radius 1 is 1.17 bits per heavy atom. The van der Waals surface area contributed by atoms with Crippen molar-refractivity contribution in [2.24, 2.45) is 0 Å². The Hall–Kier alpha value is -1.95. The number of benzene rings is 1. The lowest BCUT2D eigenvalue weighted by Gasteiger charge is -2.09. The largest absolute Gasteiger partial charge is 0.263 e. The van der Waals surface area contributed by atoms with Gasteiger partial charge < -0.3 is 0 Å². The van der Waals surface area contributed by atoms with Crippen molar-refractivity contribution in [3.63, 3.8) is 0 Å². The number of hydrogen-bond donors (Lipinski definition) is 1. The van der Waals surface area contributed by atoms with Crippen molar-refractivity contribution in [3.8, 4) is 0 Å². The Kier molecular flexibility index (Phi) is 3.29. The third-order valence-electron chi connectivity index (χ3n) is 2.44. The lowest BCUT2D eigenvalue weighted by molar-refractivity contribution is 0.600. The fraction of sp³-hybridized carbons (Fsp3) is 0.167. The first-order chi connectivity index (χ1) is 8.49. The highest BCUT2D eigenvalue weighted by Gasteiger charge is 2.17.